The van der Waals surface area contributed by atoms with Gasteiger partial charge in [0.15, 0.2) is 5.76 Å². The molecule has 1 aromatic rings. The molecule has 5 nitrogen and oxygen atoms in total. The zero-order valence-corrected chi connectivity index (χ0v) is 10.7. The molecule has 1 unspecified atom stereocenters. The van der Waals surface area contributed by atoms with Crippen molar-refractivity contribution in [2.75, 3.05) is 19.7 Å². The summed E-state index contributed by atoms with van der Waals surface area (Å²) in [4.78, 5) is 0. The Morgan fingerprint density at radius 1 is 1.59 bits per heavy atom. The summed E-state index contributed by atoms with van der Waals surface area (Å²) in [5.74, 6) is 0.755. The molecule has 0 aromatic carbocycles. The van der Waals surface area contributed by atoms with Crippen molar-refractivity contribution in [3.63, 3.8) is 0 Å². The van der Waals surface area contributed by atoms with E-state index in [4.69, 9.17) is 14.0 Å². The van der Waals surface area contributed by atoms with Gasteiger partial charge in [-0.3, -0.25) is 0 Å². The van der Waals surface area contributed by atoms with E-state index in [1.807, 2.05) is 13.0 Å². The first-order valence-corrected chi connectivity index (χ1v) is 5.94. The maximum absolute atomic E-state index is 5.88. The molecule has 2 heterocycles. The highest BCUT2D eigenvalue weighted by Gasteiger charge is 2.28. The summed E-state index contributed by atoms with van der Waals surface area (Å²) in [6.45, 7) is 8.77. The van der Waals surface area contributed by atoms with Gasteiger partial charge in [-0.25, -0.2) is 0 Å². The lowest BCUT2D eigenvalue weighted by Crippen LogP contribution is -2.51. The fraction of sp³-hybridized carbons (Fsp3) is 0.750. The van der Waals surface area contributed by atoms with Crippen molar-refractivity contribution in [1.82, 2.24) is 10.5 Å². The number of morpholine rings is 1. The number of hydrogen-bond acceptors (Lipinski definition) is 5. The van der Waals surface area contributed by atoms with Gasteiger partial charge in [0.1, 0.15) is 6.61 Å². The fourth-order valence-corrected chi connectivity index (χ4v) is 1.94. The molecule has 5 heteroatoms. The molecule has 0 amide bonds. The molecule has 1 aromatic heterocycles. The summed E-state index contributed by atoms with van der Waals surface area (Å²) >= 11 is 0. The van der Waals surface area contributed by atoms with Crippen molar-refractivity contribution in [2.24, 2.45) is 0 Å². The van der Waals surface area contributed by atoms with Crippen molar-refractivity contribution < 1.29 is 14.0 Å². The molecule has 1 atom stereocenters. The first kappa shape index (κ1) is 12.5. The van der Waals surface area contributed by atoms with E-state index in [0.29, 0.717) is 13.2 Å². The van der Waals surface area contributed by atoms with Crippen LogP contribution in [0, 0.1) is 6.92 Å². The minimum atomic E-state index is -0.116. The van der Waals surface area contributed by atoms with Crippen LogP contribution in [0.4, 0.5) is 0 Å². The number of aryl methyl sites for hydroxylation is 1. The summed E-state index contributed by atoms with van der Waals surface area (Å²) in [6.07, 6.45) is 0.0998. The summed E-state index contributed by atoms with van der Waals surface area (Å²) in [6, 6.07) is 1.88. The standard InChI is InChI=1S/C12H20N2O3/c1-9-4-10(17-14-9)6-15-7-11-5-13-8-12(2,3)16-11/h4,11,13H,5-8H2,1-3H3. The van der Waals surface area contributed by atoms with Gasteiger partial charge < -0.3 is 19.3 Å². The highest BCUT2D eigenvalue weighted by molar-refractivity contribution is 5.01. The van der Waals surface area contributed by atoms with Crippen molar-refractivity contribution >= 4 is 0 Å². The minimum Gasteiger partial charge on any atom is -0.371 e. The smallest absolute Gasteiger partial charge is 0.162 e. The lowest BCUT2D eigenvalue weighted by Gasteiger charge is -2.36. The molecule has 0 bridgehead atoms. The largest absolute Gasteiger partial charge is 0.371 e. The van der Waals surface area contributed by atoms with Crippen molar-refractivity contribution in [1.29, 1.82) is 0 Å². The van der Waals surface area contributed by atoms with E-state index in [2.05, 4.69) is 24.3 Å². The van der Waals surface area contributed by atoms with Crippen LogP contribution >= 0.6 is 0 Å². The Bertz CT molecular complexity index is 362. The molecular weight excluding hydrogens is 220 g/mol. The second-order valence-corrected chi connectivity index (χ2v) is 5.08. The van der Waals surface area contributed by atoms with E-state index in [0.717, 1.165) is 24.5 Å². The van der Waals surface area contributed by atoms with Crippen LogP contribution in [0.25, 0.3) is 0 Å². The Balaban J connectivity index is 1.71. The Kier molecular flexibility index (Phi) is 3.81. The van der Waals surface area contributed by atoms with Crippen LogP contribution < -0.4 is 5.32 Å². The van der Waals surface area contributed by atoms with Gasteiger partial charge in [0.05, 0.1) is 24.0 Å². The molecule has 1 fully saturated rings. The molecule has 96 valence electrons. The molecule has 1 saturated heterocycles. The van der Waals surface area contributed by atoms with Crippen LogP contribution in [0.2, 0.25) is 0 Å². The molecule has 2 rings (SSSR count). The van der Waals surface area contributed by atoms with Crippen molar-refractivity contribution in [3.8, 4) is 0 Å². The van der Waals surface area contributed by atoms with Crippen LogP contribution in [-0.2, 0) is 16.1 Å². The highest BCUT2D eigenvalue weighted by atomic mass is 16.6. The predicted octanol–water partition coefficient (Wildman–Crippen LogP) is 1.27. The maximum Gasteiger partial charge on any atom is 0.162 e. The quantitative estimate of drug-likeness (QED) is 0.858. The van der Waals surface area contributed by atoms with Gasteiger partial charge in [0.25, 0.3) is 0 Å². The second kappa shape index (κ2) is 5.16. The zero-order valence-electron chi connectivity index (χ0n) is 10.7. The van der Waals surface area contributed by atoms with Crippen LogP contribution in [-0.4, -0.2) is 36.6 Å². The molecule has 0 saturated carbocycles. The topological polar surface area (TPSA) is 56.5 Å². The first-order chi connectivity index (χ1) is 8.05. The molecule has 0 aliphatic carbocycles. The van der Waals surface area contributed by atoms with Crippen LogP contribution in [0.15, 0.2) is 10.6 Å². The van der Waals surface area contributed by atoms with Crippen molar-refractivity contribution in [3.05, 3.63) is 17.5 Å². The lowest BCUT2D eigenvalue weighted by atomic mass is 10.1. The van der Waals surface area contributed by atoms with E-state index >= 15 is 0 Å². The van der Waals surface area contributed by atoms with Gasteiger partial charge in [-0.15, -0.1) is 0 Å². The molecular formula is C12H20N2O3. The molecule has 1 aliphatic heterocycles. The maximum atomic E-state index is 5.88. The van der Waals surface area contributed by atoms with Gasteiger partial charge in [-0.1, -0.05) is 5.16 Å². The third-order valence-corrected chi connectivity index (χ3v) is 2.63. The van der Waals surface area contributed by atoms with E-state index in [1.54, 1.807) is 0 Å². The average molecular weight is 240 g/mol. The molecule has 17 heavy (non-hydrogen) atoms. The number of aromatic nitrogens is 1. The minimum absolute atomic E-state index is 0.0998. The Hall–Kier alpha value is -0.910. The van der Waals surface area contributed by atoms with Crippen molar-refractivity contribution in [2.45, 2.75) is 39.1 Å². The Morgan fingerprint density at radius 2 is 2.41 bits per heavy atom. The number of nitrogens with zero attached hydrogens (tertiary/aromatic N) is 1. The average Bonchev–Trinajstić information content (AvgIpc) is 2.63. The third kappa shape index (κ3) is 3.80. The number of nitrogens with one attached hydrogen (secondary N) is 1. The summed E-state index contributed by atoms with van der Waals surface area (Å²) in [5.41, 5.74) is 0.759. The Labute approximate surface area is 101 Å². The normalized spacial score (nSPS) is 23.8. The van der Waals surface area contributed by atoms with Gasteiger partial charge in [0.2, 0.25) is 0 Å². The van der Waals surface area contributed by atoms with E-state index in [9.17, 15) is 0 Å². The van der Waals surface area contributed by atoms with E-state index in [1.165, 1.54) is 0 Å². The molecule has 0 radical (unpaired) electrons. The summed E-state index contributed by atoms with van der Waals surface area (Å²) < 4.78 is 16.5. The molecule has 1 N–H and O–H groups in total. The Morgan fingerprint density at radius 3 is 3.06 bits per heavy atom. The van der Waals surface area contributed by atoms with Gasteiger partial charge in [-0.05, 0) is 20.8 Å². The van der Waals surface area contributed by atoms with Crippen LogP contribution in [0.5, 0.6) is 0 Å². The number of hydrogen-bond donors (Lipinski definition) is 1. The van der Waals surface area contributed by atoms with Crippen LogP contribution in [0.3, 0.4) is 0 Å². The highest BCUT2D eigenvalue weighted by Crippen LogP contribution is 2.15. The first-order valence-electron chi connectivity index (χ1n) is 5.94. The monoisotopic (exact) mass is 240 g/mol. The van der Waals surface area contributed by atoms with E-state index in [-0.39, 0.29) is 11.7 Å². The summed E-state index contributed by atoms with van der Waals surface area (Å²) in [7, 11) is 0. The van der Waals surface area contributed by atoms with Gasteiger partial charge in [0, 0.05) is 19.2 Å². The van der Waals surface area contributed by atoms with Gasteiger partial charge in [-0.2, -0.15) is 0 Å². The molecule has 0 spiro atoms. The lowest BCUT2D eigenvalue weighted by molar-refractivity contribution is -0.123. The van der Waals surface area contributed by atoms with Crippen LogP contribution in [0.1, 0.15) is 25.3 Å². The third-order valence-electron chi connectivity index (χ3n) is 2.63. The molecule has 1 aliphatic rings. The van der Waals surface area contributed by atoms with Gasteiger partial charge >= 0.3 is 0 Å². The SMILES string of the molecule is Cc1cc(COCC2CNCC(C)(C)O2)on1. The second-order valence-electron chi connectivity index (χ2n) is 5.08. The summed E-state index contributed by atoms with van der Waals surface area (Å²) in [5, 5.41) is 7.14. The predicted molar refractivity (Wildman–Crippen MR) is 62.7 cm³/mol. The van der Waals surface area contributed by atoms with E-state index < -0.39 is 0 Å². The number of rotatable bonds is 4. The zero-order chi connectivity index (χ0) is 12.3. The number of ether oxygens (including phenoxy) is 2. The fourth-order valence-electron chi connectivity index (χ4n) is 1.94.